The molecule has 0 aromatic carbocycles. The van der Waals surface area contributed by atoms with E-state index >= 15 is 0 Å². The molecule has 0 aliphatic carbocycles. The average molecular weight is 943 g/mol. The first kappa shape index (κ1) is 63.1. The van der Waals surface area contributed by atoms with Gasteiger partial charge in [0.2, 0.25) is 0 Å². The van der Waals surface area contributed by atoms with Crippen LogP contribution in [0.25, 0.3) is 0 Å². The topological polar surface area (TPSA) is 132 Å². The number of carbonyl (C=O) groups excluding carboxylic acids is 1. The van der Waals surface area contributed by atoms with Crippen molar-refractivity contribution in [2.75, 3.05) is 33.0 Å². The summed E-state index contributed by atoms with van der Waals surface area (Å²) < 4.78 is 33.5. The number of esters is 1. The molecule has 9 nitrogen and oxygen atoms in total. The number of ether oxygens (including phenoxy) is 2. The van der Waals surface area contributed by atoms with Crippen molar-refractivity contribution in [1.82, 2.24) is 0 Å². The van der Waals surface area contributed by atoms with E-state index < -0.39 is 45.8 Å². The molecule has 10 heteroatoms. The van der Waals surface area contributed by atoms with E-state index in [0.717, 1.165) is 128 Å². The first-order valence-corrected chi connectivity index (χ1v) is 27.4. The molecule has 378 valence electrons. The molecular formula is C56H95O9P. The molecule has 0 fully saturated rings. The summed E-state index contributed by atoms with van der Waals surface area (Å²) in [5, 5.41) is 18.4. The normalized spacial score (nSPS) is 14.7. The third-order valence-corrected chi connectivity index (χ3v) is 11.4. The van der Waals surface area contributed by atoms with Crippen molar-refractivity contribution < 1.29 is 43.0 Å². The monoisotopic (exact) mass is 943 g/mol. The number of carbonyl (C=O) groups is 1. The summed E-state index contributed by atoms with van der Waals surface area (Å²) in [5.74, 6) is -0.406. The maximum atomic E-state index is 12.7. The molecule has 0 aliphatic rings. The predicted octanol–water partition coefficient (Wildman–Crippen LogP) is 15.4. The summed E-state index contributed by atoms with van der Waals surface area (Å²) in [7, 11) is -4.54. The van der Waals surface area contributed by atoms with Crippen LogP contribution in [0.2, 0.25) is 0 Å². The van der Waals surface area contributed by atoms with Crippen LogP contribution in [0, 0.1) is 0 Å². The molecule has 0 aromatic heterocycles. The maximum Gasteiger partial charge on any atom is 0.472 e. The van der Waals surface area contributed by atoms with Gasteiger partial charge in [-0.3, -0.25) is 13.8 Å². The van der Waals surface area contributed by atoms with Crippen molar-refractivity contribution in [1.29, 1.82) is 0 Å². The van der Waals surface area contributed by atoms with E-state index in [1.165, 1.54) is 38.5 Å². The van der Waals surface area contributed by atoms with E-state index in [2.05, 4.69) is 123 Å². The zero-order chi connectivity index (χ0) is 48.1. The first-order valence-electron chi connectivity index (χ1n) is 25.9. The smallest absolute Gasteiger partial charge is 0.457 e. The molecule has 0 rings (SSSR count). The van der Waals surface area contributed by atoms with Crippen LogP contribution in [0.5, 0.6) is 0 Å². The second-order valence-corrected chi connectivity index (χ2v) is 18.3. The van der Waals surface area contributed by atoms with Gasteiger partial charge in [-0.05, 0) is 103 Å². The molecule has 3 N–H and O–H groups in total. The summed E-state index contributed by atoms with van der Waals surface area (Å²) in [6.45, 7) is 3.31. The predicted molar refractivity (Wildman–Crippen MR) is 278 cm³/mol. The second-order valence-electron chi connectivity index (χ2n) is 16.8. The minimum absolute atomic E-state index is 0.0229. The Bertz CT molecular complexity index is 1390. The largest absolute Gasteiger partial charge is 0.472 e. The summed E-state index contributed by atoms with van der Waals surface area (Å²) in [5.41, 5.74) is 0. The van der Waals surface area contributed by atoms with Crippen LogP contribution in [-0.2, 0) is 27.9 Å². The second kappa shape index (κ2) is 51.5. The molecule has 66 heavy (non-hydrogen) atoms. The van der Waals surface area contributed by atoms with Gasteiger partial charge < -0.3 is 24.6 Å². The number of aliphatic hydroxyl groups excluding tert-OH is 2. The lowest BCUT2D eigenvalue weighted by Gasteiger charge is -2.20. The van der Waals surface area contributed by atoms with Crippen molar-refractivity contribution in [2.24, 2.45) is 0 Å². The molecule has 0 amide bonds. The van der Waals surface area contributed by atoms with Crippen molar-refractivity contribution in [3.05, 3.63) is 109 Å². The number of allylic oxidation sites excluding steroid dienone is 18. The first-order chi connectivity index (χ1) is 32.3. The third kappa shape index (κ3) is 50.5. The molecule has 0 radical (unpaired) electrons. The van der Waals surface area contributed by atoms with Gasteiger partial charge in [-0.25, -0.2) is 4.57 Å². The van der Waals surface area contributed by atoms with E-state index in [1.54, 1.807) is 0 Å². The number of hydrogen-bond acceptors (Lipinski definition) is 8. The van der Waals surface area contributed by atoms with Gasteiger partial charge >= 0.3 is 13.8 Å². The minimum Gasteiger partial charge on any atom is -0.457 e. The average Bonchev–Trinajstić information content (AvgIpc) is 3.31. The standard InChI is InChI=1S/C56H95O9P/c1-3-5-7-9-11-13-15-17-19-21-23-25-26-27-29-31-33-35-37-39-41-43-45-47-49-62-52-55(53-64-66(60,61)63-51-54(58)50-57)65-56(59)48-46-44-42-40-38-36-34-32-30-28-24-22-20-18-16-14-12-10-8-6-4-2/h5,7,11,13,16-19,22-25,27,29-30,32-33,35,54-55,57-58H,3-4,6,8-10,12,14-15,20-21,26,28,31,34,36-53H2,1-2H3,(H,60,61)/b7-5-,13-11-,18-16-,19-17-,24-22-,25-23-,29-27-,32-30-,35-33-. The summed E-state index contributed by atoms with van der Waals surface area (Å²) in [4.78, 5) is 22.7. The molecule has 0 heterocycles. The number of phosphoric acid groups is 1. The lowest BCUT2D eigenvalue weighted by Crippen LogP contribution is -2.29. The molecule has 0 aliphatic heterocycles. The lowest BCUT2D eigenvalue weighted by molar-refractivity contribution is -0.154. The molecule has 3 unspecified atom stereocenters. The Hall–Kier alpha value is -2.88. The van der Waals surface area contributed by atoms with E-state index in [4.69, 9.17) is 23.6 Å². The third-order valence-electron chi connectivity index (χ3n) is 10.4. The molecule has 0 aromatic rings. The van der Waals surface area contributed by atoms with Gasteiger partial charge in [0, 0.05) is 13.0 Å². The quantitative estimate of drug-likeness (QED) is 0.0236. The number of unbranched alkanes of at least 4 members (excludes halogenated alkanes) is 16. The Labute approximate surface area is 403 Å². The van der Waals surface area contributed by atoms with E-state index in [9.17, 15) is 19.4 Å². The van der Waals surface area contributed by atoms with Crippen molar-refractivity contribution in [2.45, 2.75) is 206 Å². The molecule has 0 saturated heterocycles. The Kier molecular flexibility index (Phi) is 49.3. The van der Waals surface area contributed by atoms with Crippen LogP contribution >= 0.6 is 7.82 Å². The van der Waals surface area contributed by atoms with Gasteiger partial charge in [-0.1, -0.05) is 194 Å². The van der Waals surface area contributed by atoms with Gasteiger partial charge in [0.1, 0.15) is 12.2 Å². The van der Waals surface area contributed by atoms with E-state index in [0.29, 0.717) is 13.0 Å². The minimum atomic E-state index is -4.54. The molecule has 0 bridgehead atoms. The van der Waals surface area contributed by atoms with E-state index in [1.807, 2.05) is 0 Å². The number of aliphatic hydroxyl groups is 2. The fourth-order valence-electron chi connectivity index (χ4n) is 6.54. The van der Waals surface area contributed by atoms with Crippen LogP contribution in [0.3, 0.4) is 0 Å². The fraction of sp³-hybridized carbons (Fsp3) is 0.661. The van der Waals surface area contributed by atoms with Crippen molar-refractivity contribution in [3.8, 4) is 0 Å². The van der Waals surface area contributed by atoms with Crippen molar-refractivity contribution >= 4 is 13.8 Å². The maximum absolute atomic E-state index is 12.7. The van der Waals surface area contributed by atoms with Crippen LogP contribution in [0.4, 0.5) is 0 Å². The molecular weight excluding hydrogens is 848 g/mol. The van der Waals surface area contributed by atoms with Gasteiger partial charge in [-0.2, -0.15) is 0 Å². The van der Waals surface area contributed by atoms with Gasteiger partial charge in [-0.15, -0.1) is 0 Å². The molecule has 0 saturated carbocycles. The summed E-state index contributed by atoms with van der Waals surface area (Å²) >= 11 is 0. The molecule has 3 atom stereocenters. The number of rotatable bonds is 48. The summed E-state index contributed by atoms with van der Waals surface area (Å²) in [6, 6.07) is 0. The van der Waals surface area contributed by atoms with Crippen LogP contribution in [0.1, 0.15) is 194 Å². The Morgan fingerprint density at radius 3 is 1.30 bits per heavy atom. The SMILES string of the molecule is CC/C=C\C/C=C\C/C=C\C/C=C\C/C=C\C/C=C\CCCCCCCOCC(COP(=O)(O)OCC(O)CO)OC(=O)CCCCCCCC/C=C\C/C=C\C/C=C\CCCCCCC. The lowest BCUT2D eigenvalue weighted by atomic mass is 10.1. The number of hydrogen-bond donors (Lipinski definition) is 3. The van der Waals surface area contributed by atoms with E-state index in [-0.39, 0.29) is 13.0 Å². The zero-order valence-corrected chi connectivity index (χ0v) is 42.5. The highest BCUT2D eigenvalue weighted by molar-refractivity contribution is 7.47. The Morgan fingerprint density at radius 1 is 0.485 bits per heavy atom. The zero-order valence-electron chi connectivity index (χ0n) is 41.6. The molecule has 0 spiro atoms. The van der Waals surface area contributed by atoms with Gasteiger partial charge in [0.05, 0.1) is 26.4 Å². The van der Waals surface area contributed by atoms with Crippen molar-refractivity contribution in [3.63, 3.8) is 0 Å². The van der Waals surface area contributed by atoms with Gasteiger partial charge in [0.15, 0.2) is 0 Å². The van der Waals surface area contributed by atoms with Crippen LogP contribution in [-0.4, -0.2) is 66.3 Å². The van der Waals surface area contributed by atoms with Gasteiger partial charge in [0.25, 0.3) is 0 Å². The number of phosphoric ester groups is 1. The Morgan fingerprint density at radius 2 is 0.864 bits per heavy atom. The van der Waals surface area contributed by atoms with Crippen LogP contribution in [0.15, 0.2) is 109 Å². The van der Waals surface area contributed by atoms with Crippen LogP contribution < -0.4 is 0 Å². The highest BCUT2D eigenvalue weighted by Crippen LogP contribution is 2.43. The highest BCUT2D eigenvalue weighted by Gasteiger charge is 2.26. The summed E-state index contributed by atoms with van der Waals surface area (Å²) in [6.07, 6.45) is 67.6. The highest BCUT2D eigenvalue weighted by atomic mass is 31.2. The fourth-order valence-corrected chi connectivity index (χ4v) is 7.33. The Balaban J connectivity index is 4.20.